The van der Waals surface area contributed by atoms with Crippen LogP contribution in [0.3, 0.4) is 0 Å². The molecule has 0 fully saturated rings. The number of benzene rings is 1. The summed E-state index contributed by atoms with van der Waals surface area (Å²) in [6.07, 6.45) is 0. The zero-order chi connectivity index (χ0) is 13.3. The van der Waals surface area contributed by atoms with Crippen molar-refractivity contribution in [2.75, 3.05) is 14.2 Å². The molecule has 0 saturated heterocycles. The lowest BCUT2D eigenvalue weighted by atomic mass is 10.1. The van der Waals surface area contributed by atoms with Crippen molar-refractivity contribution >= 4 is 28.3 Å². The summed E-state index contributed by atoms with van der Waals surface area (Å²) in [4.78, 5) is 15.9. The third-order valence-corrected chi connectivity index (χ3v) is 3.01. The van der Waals surface area contributed by atoms with E-state index in [2.05, 4.69) is 4.98 Å². The SMILES string of the molecule is COc1c(C(C)=O)nc2c(OC)cccc2c1Cl. The first-order valence-electron chi connectivity index (χ1n) is 5.31. The zero-order valence-electron chi connectivity index (χ0n) is 10.3. The van der Waals surface area contributed by atoms with E-state index in [4.69, 9.17) is 21.1 Å². The number of pyridine rings is 1. The summed E-state index contributed by atoms with van der Waals surface area (Å²) in [6, 6.07) is 5.38. The molecule has 0 amide bonds. The zero-order valence-corrected chi connectivity index (χ0v) is 11.0. The molecule has 0 aliphatic rings. The largest absolute Gasteiger partial charge is 0.494 e. The van der Waals surface area contributed by atoms with Crippen LogP contribution in [0.5, 0.6) is 11.5 Å². The highest BCUT2D eigenvalue weighted by atomic mass is 35.5. The monoisotopic (exact) mass is 265 g/mol. The van der Waals surface area contributed by atoms with Crippen molar-refractivity contribution in [1.29, 1.82) is 0 Å². The Morgan fingerprint density at radius 1 is 1.28 bits per heavy atom. The van der Waals surface area contributed by atoms with Crippen LogP contribution in [0, 0.1) is 0 Å². The molecule has 94 valence electrons. The lowest BCUT2D eigenvalue weighted by Gasteiger charge is -2.12. The third kappa shape index (κ3) is 1.88. The van der Waals surface area contributed by atoms with Gasteiger partial charge in [-0.1, -0.05) is 23.7 Å². The van der Waals surface area contributed by atoms with Gasteiger partial charge < -0.3 is 9.47 Å². The molecule has 0 atom stereocenters. The highest BCUT2D eigenvalue weighted by molar-refractivity contribution is 6.37. The summed E-state index contributed by atoms with van der Waals surface area (Å²) in [5.41, 5.74) is 0.760. The van der Waals surface area contributed by atoms with Crippen LogP contribution in [0.15, 0.2) is 18.2 Å². The second kappa shape index (κ2) is 4.82. The molecule has 0 aliphatic heterocycles. The van der Waals surface area contributed by atoms with E-state index in [-0.39, 0.29) is 11.5 Å². The molecule has 0 saturated carbocycles. The van der Waals surface area contributed by atoms with E-state index in [1.807, 2.05) is 6.07 Å². The number of methoxy groups -OCH3 is 2. The van der Waals surface area contributed by atoms with Crippen LogP contribution in [-0.4, -0.2) is 25.0 Å². The number of carbonyl (C=O) groups is 1. The van der Waals surface area contributed by atoms with E-state index in [1.54, 1.807) is 19.2 Å². The second-order valence-corrected chi connectivity index (χ2v) is 4.10. The molecule has 0 spiro atoms. The Balaban J connectivity index is 2.90. The van der Waals surface area contributed by atoms with Gasteiger partial charge in [0.25, 0.3) is 0 Å². The molecule has 0 bridgehead atoms. The van der Waals surface area contributed by atoms with Gasteiger partial charge in [-0.05, 0) is 6.07 Å². The van der Waals surface area contributed by atoms with E-state index in [9.17, 15) is 4.79 Å². The number of fused-ring (bicyclic) bond motifs is 1. The molecule has 0 unspecified atom stereocenters. The minimum atomic E-state index is -0.207. The third-order valence-electron chi connectivity index (χ3n) is 2.63. The minimum Gasteiger partial charge on any atom is -0.494 e. The molecule has 1 aromatic carbocycles. The molecule has 2 rings (SSSR count). The maximum Gasteiger partial charge on any atom is 0.182 e. The quantitative estimate of drug-likeness (QED) is 0.800. The second-order valence-electron chi connectivity index (χ2n) is 3.72. The van der Waals surface area contributed by atoms with Gasteiger partial charge in [0.1, 0.15) is 17.0 Å². The lowest BCUT2D eigenvalue weighted by Crippen LogP contribution is -2.03. The van der Waals surface area contributed by atoms with Gasteiger partial charge in [0.05, 0.1) is 19.2 Å². The Bertz CT molecular complexity index is 625. The Labute approximate surface area is 109 Å². The van der Waals surface area contributed by atoms with Crippen molar-refractivity contribution < 1.29 is 14.3 Å². The fraction of sp³-hybridized carbons (Fsp3) is 0.231. The van der Waals surface area contributed by atoms with Crippen molar-refractivity contribution in [1.82, 2.24) is 4.98 Å². The molecule has 5 heteroatoms. The Morgan fingerprint density at radius 2 is 2.00 bits per heavy atom. The Morgan fingerprint density at radius 3 is 2.56 bits per heavy atom. The van der Waals surface area contributed by atoms with E-state index in [1.165, 1.54) is 14.0 Å². The fourth-order valence-corrected chi connectivity index (χ4v) is 2.11. The first kappa shape index (κ1) is 12.6. The van der Waals surface area contributed by atoms with Crippen molar-refractivity contribution in [2.45, 2.75) is 6.92 Å². The fourth-order valence-electron chi connectivity index (χ4n) is 1.79. The van der Waals surface area contributed by atoms with Crippen molar-refractivity contribution in [3.05, 3.63) is 28.9 Å². The van der Waals surface area contributed by atoms with Gasteiger partial charge in [-0.3, -0.25) is 4.79 Å². The normalized spacial score (nSPS) is 10.4. The Kier molecular flexibility index (Phi) is 3.39. The number of aromatic nitrogens is 1. The average Bonchev–Trinajstić information content (AvgIpc) is 2.37. The number of ketones is 1. The van der Waals surface area contributed by atoms with Gasteiger partial charge in [-0.25, -0.2) is 4.98 Å². The van der Waals surface area contributed by atoms with Crippen LogP contribution in [0.1, 0.15) is 17.4 Å². The summed E-state index contributed by atoms with van der Waals surface area (Å²) in [6.45, 7) is 1.42. The van der Waals surface area contributed by atoms with E-state index in [0.717, 1.165) is 0 Å². The highest BCUT2D eigenvalue weighted by Gasteiger charge is 2.19. The Hall–Kier alpha value is -1.81. The minimum absolute atomic E-state index is 0.207. The molecule has 0 radical (unpaired) electrons. The summed E-state index contributed by atoms with van der Waals surface area (Å²) < 4.78 is 10.4. The van der Waals surface area contributed by atoms with Gasteiger partial charge in [0.15, 0.2) is 11.5 Å². The molecule has 0 N–H and O–H groups in total. The topological polar surface area (TPSA) is 48.4 Å². The number of rotatable bonds is 3. The smallest absolute Gasteiger partial charge is 0.182 e. The van der Waals surface area contributed by atoms with Crippen molar-refractivity contribution in [2.24, 2.45) is 0 Å². The number of carbonyl (C=O) groups excluding carboxylic acids is 1. The van der Waals surface area contributed by atoms with Crippen LogP contribution in [0.25, 0.3) is 10.9 Å². The van der Waals surface area contributed by atoms with E-state index in [0.29, 0.717) is 27.4 Å². The van der Waals surface area contributed by atoms with Crippen LogP contribution in [-0.2, 0) is 0 Å². The van der Waals surface area contributed by atoms with E-state index < -0.39 is 0 Å². The summed E-state index contributed by atoms with van der Waals surface area (Å²) >= 11 is 6.25. The van der Waals surface area contributed by atoms with Gasteiger partial charge in [0, 0.05) is 12.3 Å². The molecule has 0 aliphatic carbocycles. The number of hydrogen-bond acceptors (Lipinski definition) is 4. The number of halogens is 1. The summed E-state index contributed by atoms with van der Waals surface area (Å²) in [5.74, 6) is 0.658. The predicted molar refractivity (Wildman–Crippen MR) is 69.9 cm³/mol. The van der Waals surface area contributed by atoms with Gasteiger partial charge in [0.2, 0.25) is 0 Å². The number of ether oxygens (including phenoxy) is 2. The van der Waals surface area contributed by atoms with Crippen LogP contribution >= 0.6 is 11.6 Å². The standard InChI is InChI=1S/C13H12ClNO3/c1-7(16)11-13(18-3)10(14)8-5-4-6-9(17-2)12(8)15-11/h4-6H,1-3H3. The van der Waals surface area contributed by atoms with Gasteiger partial charge >= 0.3 is 0 Å². The van der Waals surface area contributed by atoms with Crippen molar-refractivity contribution in [3.63, 3.8) is 0 Å². The molecule has 18 heavy (non-hydrogen) atoms. The van der Waals surface area contributed by atoms with Gasteiger partial charge in [-0.2, -0.15) is 0 Å². The van der Waals surface area contributed by atoms with Crippen LogP contribution in [0.2, 0.25) is 5.02 Å². The molecule has 1 heterocycles. The molecular formula is C13H12ClNO3. The van der Waals surface area contributed by atoms with E-state index >= 15 is 0 Å². The summed E-state index contributed by atoms with van der Waals surface area (Å²) in [5, 5.41) is 1.06. The maximum absolute atomic E-state index is 11.6. The van der Waals surface area contributed by atoms with Crippen LogP contribution in [0.4, 0.5) is 0 Å². The predicted octanol–water partition coefficient (Wildman–Crippen LogP) is 3.11. The molecular weight excluding hydrogens is 254 g/mol. The van der Waals surface area contributed by atoms with Gasteiger partial charge in [-0.15, -0.1) is 0 Å². The number of hydrogen-bond donors (Lipinski definition) is 0. The lowest BCUT2D eigenvalue weighted by molar-refractivity contribution is 0.101. The number of Topliss-reactive ketones (excluding diaryl/α,β-unsaturated/α-hetero) is 1. The highest BCUT2D eigenvalue weighted by Crippen LogP contribution is 2.37. The first-order valence-corrected chi connectivity index (χ1v) is 5.69. The maximum atomic E-state index is 11.6. The van der Waals surface area contributed by atoms with Crippen LogP contribution < -0.4 is 9.47 Å². The number of para-hydroxylation sites is 1. The molecule has 2 aromatic rings. The molecule has 4 nitrogen and oxygen atoms in total. The first-order chi connectivity index (χ1) is 8.60. The van der Waals surface area contributed by atoms with Crippen molar-refractivity contribution in [3.8, 4) is 11.5 Å². The number of nitrogens with zero attached hydrogens (tertiary/aromatic N) is 1. The molecule has 1 aromatic heterocycles. The average molecular weight is 266 g/mol. The summed E-state index contributed by atoms with van der Waals surface area (Å²) in [7, 11) is 3.00.